The molecule has 1 saturated carbocycles. The van der Waals surface area contributed by atoms with Gasteiger partial charge in [0.05, 0.1) is 18.0 Å². The molecule has 1 N–H and O–H groups in total. The highest BCUT2D eigenvalue weighted by molar-refractivity contribution is 9.10. The van der Waals surface area contributed by atoms with Gasteiger partial charge < -0.3 is 9.84 Å². The van der Waals surface area contributed by atoms with Crippen LogP contribution in [0.5, 0.6) is 5.75 Å². The molecule has 19 heavy (non-hydrogen) atoms. The molecule has 0 radical (unpaired) electrons. The van der Waals surface area contributed by atoms with Crippen LogP contribution in [0.2, 0.25) is 0 Å². The Morgan fingerprint density at radius 2 is 2.26 bits per heavy atom. The highest BCUT2D eigenvalue weighted by Crippen LogP contribution is 2.48. The molecule has 3 nitrogen and oxygen atoms in total. The second-order valence-electron chi connectivity index (χ2n) is 4.96. The van der Waals surface area contributed by atoms with E-state index in [0.29, 0.717) is 21.7 Å². The zero-order valence-electron chi connectivity index (χ0n) is 10.9. The van der Waals surface area contributed by atoms with E-state index in [-0.39, 0.29) is 18.2 Å². The third-order valence-electron chi connectivity index (χ3n) is 3.61. The minimum Gasteiger partial charge on any atom is -0.496 e. The quantitative estimate of drug-likeness (QED) is 0.891. The highest BCUT2D eigenvalue weighted by Gasteiger charge is 2.36. The van der Waals surface area contributed by atoms with E-state index in [1.165, 1.54) is 7.11 Å². The van der Waals surface area contributed by atoms with Crippen molar-refractivity contribution in [1.29, 1.82) is 0 Å². The molecule has 1 fully saturated rings. The average molecular weight is 331 g/mol. The van der Waals surface area contributed by atoms with Crippen LogP contribution in [-0.2, 0) is 4.79 Å². The maximum atomic E-state index is 13.9. The summed E-state index contributed by atoms with van der Waals surface area (Å²) in [6, 6.07) is 1.66. The number of benzene rings is 1. The summed E-state index contributed by atoms with van der Waals surface area (Å²) in [7, 11) is 1.49. The molecular formula is C14H16BrFO3. The summed E-state index contributed by atoms with van der Waals surface area (Å²) in [5, 5.41) is 9.05. The fourth-order valence-electron chi connectivity index (χ4n) is 2.52. The van der Waals surface area contributed by atoms with Crippen molar-refractivity contribution in [2.75, 3.05) is 7.11 Å². The van der Waals surface area contributed by atoms with Crippen LogP contribution in [0.3, 0.4) is 0 Å². The van der Waals surface area contributed by atoms with Gasteiger partial charge in [-0.15, -0.1) is 0 Å². The molecule has 0 aromatic heterocycles. The van der Waals surface area contributed by atoms with Crippen molar-refractivity contribution in [2.24, 2.45) is 5.92 Å². The Morgan fingerprint density at radius 1 is 1.63 bits per heavy atom. The molecule has 0 spiro atoms. The maximum absolute atomic E-state index is 13.9. The number of rotatable bonds is 5. The predicted molar refractivity (Wildman–Crippen MR) is 73.1 cm³/mol. The Bertz CT molecular complexity index is 512. The van der Waals surface area contributed by atoms with Crippen molar-refractivity contribution in [3.63, 3.8) is 0 Å². The van der Waals surface area contributed by atoms with Gasteiger partial charge in [0.2, 0.25) is 0 Å². The van der Waals surface area contributed by atoms with Gasteiger partial charge in [-0.2, -0.15) is 0 Å². The third-order valence-corrected chi connectivity index (χ3v) is 4.19. The molecule has 5 heteroatoms. The van der Waals surface area contributed by atoms with Gasteiger partial charge in [0.1, 0.15) is 11.6 Å². The van der Waals surface area contributed by atoms with Gasteiger partial charge in [-0.05, 0) is 53.2 Å². The van der Waals surface area contributed by atoms with Crippen LogP contribution in [0.25, 0.3) is 0 Å². The summed E-state index contributed by atoms with van der Waals surface area (Å²) >= 11 is 3.19. The lowest BCUT2D eigenvalue weighted by molar-refractivity contribution is -0.137. The van der Waals surface area contributed by atoms with Gasteiger partial charge in [0.15, 0.2) is 0 Å². The van der Waals surface area contributed by atoms with E-state index in [9.17, 15) is 9.18 Å². The Labute approximate surface area is 119 Å². The van der Waals surface area contributed by atoms with Gasteiger partial charge in [-0.25, -0.2) is 4.39 Å². The topological polar surface area (TPSA) is 46.5 Å². The second-order valence-corrected chi connectivity index (χ2v) is 5.82. The average Bonchev–Trinajstić information content (AvgIpc) is 3.17. The van der Waals surface area contributed by atoms with Crippen molar-refractivity contribution in [2.45, 2.75) is 32.1 Å². The number of hydrogen-bond acceptors (Lipinski definition) is 2. The molecule has 1 unspecified atom stereocenters. The first-order chi connectivity index (χ1) is 8.95. The van der Waals surface area contributed by atoms with E-state index < -0.39 is 5.97 Å². The first kappa shape index (κ1) is 14.3. The normalized spacial score (nSPS) is 16.2. The van der Waals surface area contributed by atoms with Crippen molar-refractivity contribution in [3.8, 4) is 5.75 Å². The first-order valence-corrected chi connectivity index (χ1v) is 6.99. The van der Waals surface area contributed by atoms with Gasteiger partial charge in [-0.1, -0.05) is 0 Å². The smallest absolute Gasteiger partial charge is 0.303 e. The lowest BCUT2D eigenvalue weighted by Gasteiger charge is -2.20. The van der Waals surface area contributed by atoms with E-state index in [1.54, 1.807) is 13.0 Å². The van der Waals surface area contributed by atoms with E-state index in [0.717, 1.165) is 18.4 Å². The predicted octanol–water partition coefficient (Wildman–Crippen LogP) is 3.87. The Hall–Kier alpha value is -1.10. The minimum atomic E-state index is -0.836. The number of ether oxygens (including phenoxy) is 1. The van der Waals surface area contributed by atoms with Crippen LogP contribution >= 0.6 is 15.9 Å². The Balaban J connectivity index is 2.49. The fraction of sp³-hybridized carbons (Fsp3) is 0.500. The number of carboxylic acid groups (broad SMARTS) is 1. The van der Waals surface area contributed by atoms with Crippen LogP contribution in [0.15, 0.2) is 10.5 Å². The molecule has 1 aromatic carbocycles. The lowest BCUT2D eigenvalue weighted by Crippen LogP contribution is -2.11. The van der Waals surface area contributed by atoms with E-state index in [1.807, 2.05) is 0 Å². The molecule has 0 amide bonds. The number of methoxy groups -OCH3 is 1. The summed E-state index contributed by atoms with van der Waals surface area (Å²) in [6.07, 6.45) is 2.10. The van der Waals surface area contributed by atoms with Gasteiger partial charge in [0, 0.05) is 11.5 Å². The van der Waals surface area contributed by atoms with Crippen LogP contribution in [0, 0.1) is 18.7 Å². The minimum absolute atomic E-state index is 0.0541. The first-order valence-electron chi connectivity index (χ1n) is 6.20. The number of hydrogen-bond donors (Lipinski definition) is 1. The molecule has 0 saturated heterocycles. The SMILES string of the molecule is COc1c(C(CC(=O)O)C2CC2)cc(Br)c(F)c1C. The van der Waals surface area contributed by atoms with Crippen LogP contribution in [0.1, 0.15) is 36.3 Å². The molecule has 1 aromatic rings. The van der Waals surface area contributed by atoms with Gasteiger partial charge in [-0.3, -0.25) is 4.79 Å². The Morgan fingerprint density at radius 3 is 2.74 bits per heavy atom. The van der Waals surface area contributed by atoms with Crippen molar-refractivity contribution in [1.82, 2.24) is 0 Å². The molecule has 0 bridgehead atoms. The number of carbonyl (C=O) groups is 1. The van der Waals surface area contributed by atoms with Gasteiger partial charge >= 0.3 is 5.97 Å². The summed E-state index contributed by atoms with van der Waals surface area (Å²) in [6.45, 7) is 1.65. The van der Waals surface area contributed by atoms with Crippen LogP contribution in [0.4, 0.5) is 4.39 Å². The fourth-order valence-corrected chi connectivity index (χ4v) is 3.07. The van der Waals surface area contributed by atoms with E-state index in [2.05, 4.69) is 15.9 Å². The Kier molecular flexibility index (Phi) is 4.13. The van der Waals surface area contributed by atoms with Crippen LogP contribution < -0.4 is 4.74 Å². The zero-order chi connectivity index (χ0) is 14.2. The number of halogens is 2. The van der Waals surface area contributed by atoms with Crippen molar-refractivity contribution < 1.29 is 19.0 Å². The standard InChI is InChI=1S/C14H16BrFO3/c1-7-13(16)11(15)5-10(14(7)19-2)9(6-12(17)18)8-3-4-8/h5,8-9H,3-4,6H2,1-2H3,(H,17,18). The number of carboxylic acids is 1. The molecule has 1 aliphatic rings. The van der Waals surface area contributed by atoms with E-state index in [4.69, 9.17) is 9.84 Å². The van der Waals surface area contributed by atoms with Crippen molar-refractivity contribution >= 4 is 21.9 Å². The molecule has 0 heterocycles. The second kappa shape index (κ2) is 5.49. The molecular weight excluding hydrogens is 315 g/mol. The summed E-state index contributed by atoms with van der Waals surface area (Å²) in [4.78, 5) is 11.0. The largest absolute Gasteiger partial charge is 0.496 e. The summed E-state index contributed by atoms with van der Waals surface area (Å²) in [5.41, 5.74) is 1.21. The molecule has 2 rings (SSSR count). The summed E-state index contributed by atoms with van der Waals surface area (Å²) < 4.78 is 19.5. The van der Waals surface area contributed by atoms with Gasteiger partial charge in [0.25, 0.3) is 0 Å². The van der Waals surface area contributed by atoms with Crippen LogP contribution in [-0.4, -0.2) is 18.2 Å². The molecule has 1 aliphatic carbocycles. The van der Waals surface area contributed by atoms with Crippen molar-refractivity contribution in [3.05, 3.63) is 27.5 Å². The highest BCUT2D eigenvalue weighted by atomic mass is 79.9. The molecule has 1 atom stereocenters. The van der Waals surface area contributed by atoms with E-state index >= 15 is 0 Å². The maximum Gasteiger partial charge on any atom is 0.303 e. The number of aliphatic carboxylic acids is 1. The zero-order valence-corrected chi connectivity index (χ0v) is 12.5. The molecule has 0 aliphatic heterocycles. The lowest BCUT2D eigenvalue weighted by atomic mass is 9.89. The monoisotopic (exact) mass is 330 g/mol. The third kappa shape index (κ3) is 2.91. The summed E-state index contributed by atoms with van der Waals surface area (Å²) in [5.74, 6) is -0.466. The molecule has 104 valence electrons.